The largest absolute Gasteiger partial charge is 0.384 e. The fourth-order valence-corrected chi connectivity index (χ4v) is 6.77. The lowest BCUT2D eigenvalue weighted by molar-refractivity contribution is -0.126. The number of hydrogen-bond acceptors (Lipinski definition) is 6. The summed E-state index contributed by atoms with van der Waals surface area (Å²) in [7, 11) is 1.72. The van der Waals surface area contributed by atoms with Crippen LogP contribution >= 0.6 is 0 Å². The molecule has 1 aliphatic heterocycles. The molecule has 0 aromatic heterocycles. The monoisotopic (exact) mass is 621 g/mol. The average molecular weight is 622 g/mol. The predicted molar refractivity (Wildman–Crippen MR) is 191 cm³/mol. The maximum atomic E-state index is 11.7. The van der Waals surface area contributed by atoms with Crippen LogP contribution in [0.2, 0.25) is 0 Å². The Balaban J connectivity index is 0.000000462. The van der Waals surface area contributed by atoms with E-state index in [0.717, 1.165) is 37.3 Å². The SMILES string of the molecule is CC.CCC/C=C/N(C[C@]1(C)C[C@H](C)CC(C)(C)C1)c1cc(C#N)ccc1C.CCCC(=O)N(C)C1=NC=C(C(C)(C)O)NC1. The van der Waals surface area contributed by atoms with Gasteiger partial charge in [0, 0.05) is 31.9 Å². The summed E-state index contributed by atoms with van der Waals surface area (Å²) >= 11 is 0. The van der Waals surface area contributed by atoms with E-state index in [2.05, 4.69) is 81.2 Å². The molecule has 252 valence electrons. The number of carbonyl (C=O) groups is 1. The second kappa shape index (κ2) is 18.1. The number of aliphatic imine (C=N–C) groups is 1. The number of likely N-dealkylation sites (N-methyl/N-ethyl adjacent to an activating group) is 1. The van der Waals surface area contributed by atoms with Crippen LogP contribution in [0.1, 0.15) is 125 Å². The van der Waals surface area contributed by atoms with Crippen LogP contribution in [0.15, 0.2) is 47.4 Å². The van der Waals surface area contributed by atoms with Crippen LogP contribution in [0.25, 0.3) is 0 Å². The summed E-state index contributed by atoms with van der Waals surface area (Å²) in [6.07, 6.45) is 13.5. The van der Waals surface area contributed by atoms with Crippen molar-refractivity contribution in [3.8, 4) is 6.07 Å². The molecule has 45 heavy (non-hydrogen) atoms. The van der Waals surface area contributed by atoms with Crippen LogP contribution in [0, 0.1) is 35.0 Å². The van der Waals surface area contributed by atoms with E-state index in [9.17, 15) is 15.2 Å². The molecule has 0 saturated heterocycles. The summed E-state index contributed by atoms with van der Waals surface area (Å²) in [6.45, 7) is 24.9. The minimum Gasteiger partial charge on any atom is -0.384 e. The zero-order chi connectivity index (χ0) is 34.4. The molecule has 3 rings (SSSR count). The highest BCUT2D eigenvalue weighted by Crippen LogP contribution is 2.49. The number of allylic oxidation sites excluding steroid dienone is 1. The summed E-state index contributed by atoms with van der Waals surface area (Å²) in [5, 5.41) is 22.2. The molecule has 0 spiro atoms. The fourth-order valence-electron chi connectivity index (χ4n) is 6.77. The number of nitrogens with zero attached hydrogens (tertiary/aromatic N) is 4. The second-order valence-electron chi connectivity index (χ2n) is 14.3. The Kier molecular flexibility index (Phi) is 16.1. The van der Waals surface area contributed by atoms with Crippen LogP contribution in [0.3, 0.4) is 0 Å². The van der Waals surface area contributed by atoms with Gasteiger partial charge in [0.2, 0.25) is 5.91 Å². The number of unbranched alkanes of at least 4 members (excludes halogenated alkanes) is 1. The number of amides is 1. The van der Waals surface area contributed by atoms with Crippen molar-refractivity contribution in [3.63, 3.8) is 0 Å². The number of nitriles is 1. The maximum Gasteiger partial charge on any atom is 0.227 e. The number of aliphatic hydroxyl groups is 1. The summed E-state index contributed by atoms with van der Waals surface area (Å²) < 4.78 is 0. The summed E-state index contributed by atoms with van der Waals surface area (Å²) in [5.41, 5.74) is 3.56. The number of carbonyl (C=O) groups excluding carboxylic acids is 1. The first-order valence-corrected chi connectivity index (χ1v) is 17.0. The van der Waals surface area contributed by atoms with Crippen LogP contribution in [-0.4, -0.2) is 47.5 Å². The van der Waals surface area contributed by atoms with Gasteiger partial charge in [-0.1, -0.05) is 74.0 Å². The normalized spacial score (nSPS) is 20.7. The van der Waals surface area contributed by atoms with Gasteiger partial charge in [-0.25, -0.2) is 4.99 Å². The van der Waals surface area contributed by atoms with Gasteiger partial charge >= 0.3 is 0 Å². The van der Waals surface area contributed by atoms with Gasteiger partial charge in [0.15, 0.2) is 0 Å². The first kappa shape index (κ1) is 39.9. The molecule has 2 aliphatic rings. The lowest BCUT2D eigenvalue weighted by Crippen LogP contribution is -2.44. The highest BCUT2D eigenvalue weighted by molar-refractivity contribution is 5.99. The lowest BCUT2D eigenvalue weighted by Gasteiger charge is -2.48. The number of amidine groups is 1. The van der Waals surface area contributed by atoms with Gasteiger partial charge in [-0.05, 0) is 87.3 Å². The number of aryl methyl sites for hydroxylation is 1. The summed E-state index contributed by atoms with van der Waals surface area (Å²) in [5.74, 6) is 1.50. The molecule has 7 nitrogen and oxygen atoms in total. The first-order valence-electron chi connectivity index (χ1n) is 17.0. The minimum atomic E-state index is -0.930. The number of nitrogens with one attached hydrogen (secondary N) is 1. The van der Waals surface area contributed by atoms with Gasteiger partial charge in [0.25, 0.3) is 0 Å². The van der Waals surface area contributed by atoms with E-state index in [-0.39, 0.29) is 11.3 Å². The quantitative estimate of drug-likeness (QED) is 0.288. The Morgan fingerprint density at radius 3 is 2.38 bits per heavy atom. The summed E-state index contributed by atoms with van der Waals surface area (Å²) in [6, 6.07) is 8.34. The molecular formula is C38H63N5O2. The van der Waals surface area contributed by atoms with Gasteiger partial charge in [-0.3, -0.25) is 4.79 Å². The third kappa shape index (κ3) is 13.0. The third-order valence-corrected chi connectivity index (χ3v) is 8.25. The van der Waals surface area contributed by atoms with Crippen molar-refractivity contribution in [3.05, 3.63) is 53.5 Å². The van der Waals surface area contributed by atoms with Crippen molar-refractivity contribution in [1.29, 1.82) is 5.26 Å². The first-order chi connectivity index (χ1) is 21.0. The Hall–Kier alpha value is -3.11. The number of anilines is 1. The van der Waals surface area contributed by atoms with E-state index < -0.39 is 5.60 Å². The third-order valence-electron chi connectivity index (χ3n) is 8.25. The highest BCUT2D eigenvalue weighted by atomic mass is 16.3. The van der Waals surface area contributed by atoms with E-state index in [1.54, 1.807) is 32.0 Å². The van der Waals surface area contributed by atoms with Crippen LogP contribution < -0.4 is 10.2 Å². The molecule has 7 heteroatoms. The Bertz CT molecular complexity index is 1220. The molecule has 1 aromatic rings. The van der Waals surface area contributed by atoms with Crippen molar-refractivity contribution in [1.82, 2.24) is 10.2 Å². The van der Waals surface area contributed by atoms with Gasteiger partial charge < -0.3 is 20.2 Å². The number of benzene rings is 1. The summed E-state index contributed by atoms with van der Waals surface area (Å²) in [4.78, 5) is 19.9. The van der Waals surface area contributed by atoms with Gasteiger partial charge in [-0.2, -0.15) is 5.26 Å². The molecule has 2 N–H and O–H groups in total. The Morgan fingerprint density at radius 2 is 1.87 bits per heavy atom. The topological polar surface area (TPSA) is 92.0 Å². The van der Waals surface area contributed by atoms with Crippen LogP contribution in [0.5, 0.6) is 0 Å². The zero-order valence-electron chi connectivity index (χ0n) is 30.5. The van der Waals surface area contributed by atoms with Gasteiger partial charge in [0.05, 0.1) is 35.7 Å². The smallest absolute Gasteiger partial charge is 0.227 e. The van der Waals surface area contributed by atoms with E-state index in [4.69, 9.17) is 0 Å². The molecule has 1 saturated carbocycles. The molecule has 1 fully saturated rings. The average Bonchev–Trinajstić information content (AvgIpc) is 2.96. The van der Waals surface area contributed by atoms with Gasteiger partial charge in [-0.15, -0.1) is 0 Å². The molecule has 1 heterocycles. The minimum absolute atomic E-state index is 0.0631. The second-order valence-corrected chi connectivity index (χ2v) is 14.3. The lowest BCUT2D eigenvalue weighted by atomic mass is 9.61. The van der Waals surface area contributed by atoms with E-state index in [1.165, 1.54) is 30.5 Å². The maximum absolute atomic E-state index is 11.7. The molecule has 2 atom stereocenters. The molecule has 1 amide bonds. The van der Waals surface area contributed by atoms with Gasteiger partial charge in [0.1, 0.15) is 5.84 Å². The molecule has 0 bridgehead atoms. The van der Waals surface area contributed by atoms with Crippen molar-refractivity contribution < 1.29 is 9.90 Å². The molecular weight excluding hydrogens is 558 g/mol. The van der Waals surface area contributed by atoms with E-state index >= 15 is 0 Å². The molecule has 0 radical (unpaired) electrons. The van der Waals surface area contributed by atoms with E-state index in [0.29, 0.717) is 29.9 Å². The van der Waals surface area contributed by atoms with Crippen molar-refractivity contribution in [2.75, 3.05) is 25.0 Å². The zero-order valence-corrected chi connectivity index (χ0v) is 30.5. The van der Waals surface area contributed by atoms with E-state index in [1.807, 2.05) is 32.9 Å². The Morgan fingerprint density at radius 1 is 1.20 bits per heavy atom. The van der Waals surface area contributed by atoms with Crippen molar-refractivity contribution in [2.24, 2.45) is 21.7 Å². The molecule has 0 unspecified atom stereocenters. The fraction of sp³-hybridized carbons (Fsp3) is 0.658. The highest BCUT2D eigenvalue weighted by Gasteiger charge is 2.40. The van der Waals surface area contributed by atoms with Crippen LogP contribution in [0.4, 0.5) is 5.69 Å². The molecule has 1 aliphatic carbocycles. The Labute approximate surface area is 275 Å². The van der Waals surface area contributed by atoms with Crippen molar-refractivity contribution in [2.45, 2.75) is 127 Å². The van der Waals surface area contributed by atoms with Crippen molar-refractivity contribution >= 4 is 17.4 Å². The standard InChI is InChI=1S/C24H36N2.C12H21N3O2.C2H6/c1-7-8-9-12-26(22-13-21(16-25)11-10-20(22)3)18-24(6)15-19(2)14-23(4,5)17-24;1-5-6-11(16)15(4)10-8-13-9(7-14-10)12(2,3)17;1-2/h9-13,19H,7-8,14-15,17-18H2,1-6H3;7,13,17H,5-6,8H2,1-4H3;1-2H3/b12-9+;;/t19-,24-;;/m1../s1. The number of hydrogen-bond donors (Lipinski definition) is 2. The molecule has 1 aromatic carbocycles. The van der Waals surface area contributed by atoms with Crippen LogP contribution in [-0.2, 0) is 4.79 Å². The predicted octanol–water partition coefficient (Wildman–Crippen LogP) is 8.72. The number of rotatable bonds is 9.